The second-order valence-electron chi connectivity index (χ2n) is 9.47. The first kappa shape index (κ1) is 25.5. The molecule has 3 aromatic carbocycles. The first-order chi connectivity index (χ1) is 17.6. The van der Waals surface area contributed by atoms with Gasteiger partial charge in [-0.25, -0.2) is 4.79 Å². The van der Waals surface area contributed by atoms with Crippen LogP contribution in [0.15, 0.2) is 78.9 Å². The molecule has 3 amide bonds. The van der Waals surface area contributed by atoms with Crippen molar-refractivity contribution >= 4 is 23.3 Å². The number of hydrogen-bond acceptors (Lipinski definition) is 3. The van der Waals surface area contributed by atoms with Crippen LogP contribution in [0.1, 0.15) is 36.0 Å². The fourth-order valence-electron chi connectivity index (χ4n) is 4.60. The summed E-state index contributed by atoms with van der Waals surface area (Å²) in [6.07, 6.45) is 4.30. The zero-order valence-corrected chi connectivity index (χ0v) is 21.1. The molecule has 0 aliphatic carbocycles. The molecule has 0 aromatic heterocycles. The number of fused-ring (bicyclic) bond motifs is 1. The number of hydrogen-bond donors (Lipinski definition) is 2. The van der Waals surface area contributed by atoms with Gasteiger partial charge in [-0.2, -0.15) is 0 Å². The molecule has 2 N–H and O–H groups in total. The Kier molecular flexibility index (Phi) is 9.11. The SMILES string of the molecule is CN(CCCNC(=O)Cc1ccc(NC(=O)N2CCCCc3ccccc32)cc1)Cc1ccccc1. The number of rotatable bonds is 9. The molecule has 0 saturated carbocycles. The fraction of sp³-hybridized carbons (Fsp3) is 0.333. The van der Waals surface area contributed by atoms with Gasteiger partial charge in [-0.15, -0.1) is 0 Å². The van der Waals surface area contributed by atoms with E-state index in [4.69, 9.17) is 0 Å². The molecule has 0 spiro atoms. The van der Waals surface area contributed by atoms with Gasteiger partial charge in [0, 0.05) is 31.0 Å². The van der Waals surface area contributed by atoms with Gasteiger partial charge in [0.05, 0.1) is 6.42 Å². The molecule has 1 heterocycles. The zero-order chi connectivity index (χ0) is 25.2. The van der Waals surface area contributed by atoms with Crippen LogP contribution < -0.4 is 15.5 Å². The van der Waals surface area contributed by atoms with E-state index in [-0.39, 0.29) is 11.9 Å². The molecule has 36 heavy (non-hydrogen) atoms. The number of nitrogens with one attached hydrogen (secondary N) is 2. The Morgan fingerprint density at radius 2 is 1.64 bits per heavy atom. The van der Waals surface area contributed by atoms with Crippen molar-refractivity contribution in [2.24, 2.45) is 0 Å². The fourth-order valence-corrected chi connectivity index (χ4v) is 4.60. The molecule has 4 rings (SSSR count). The largest absolute Gasteiger partial charge is 0.356 e. The van der Waals surface area contributed by atoms with E-state index in [9.17, 15) is 9.59 Å². The molecule has 0 unspecified atom stereocenters. The minimum atomic E-state index is -0.118. The molecular weight excluding hydrogens is 448 g/mol. The summed E-state index contributed by atoms with van der Waals surface area (Å²) in [5.74, 6) is 0.0127. The summed E-state index contributed by atoms with van der Waals surface area (Å²) in [7, 11) is 2.10. The Labute approximate surface area is 214 Å². The van der Waals surface area contributed by atoms with Crippen molar-refractivity contribution < 1.29 is 9.59 Å². The lowest BCUT2D eigenvalue weighted by Crippen LogP contribution is -2.35. The van der Waals surface area contributed by atoms with Crippen molar-refractivity contribution in [1.29, 1.82) is 0 Å². The van der Waals surface area contributed by atoms with Crippen LogP contribution in [0.25, 0.3) is 0 Å². The Balaban J connectivity index is 1.19. The average molecular weight is 485 g/mol. The van der Waals surface area contributed by atoms with Crippen LogP contribution in [0.5, 0.6) is 0 Å². The molecule has 0 radical (unpaired) electrons. The van der Waals surface area contributed by atoms with Gasteiger partial charge in [0.25, 0.3) is 0 Å². The Morgan fingerprint density at radius 3 is 2.44 bits per heavy atom. The van der Waals surface area contributed by atoms with E-state index in [1.807, 2.05) is 53.4 Å². The molecule has 3 aromatic rings. The monoisotopic (exact) mass is 484 g/mol. The predicted octanol–water partition coefficient (Wildman–Crippen LogP) is 5.24. The molecule has 0 atom stereocenters. The average Bonchev–Trinajstić information content (AvgIpc) is 3.11. The molecule has 6 nitrogen and oxygen atoms in total. The maximum atomic E-state index is 13.0. The van der Waals surface area contributed by atoms with Gasteiger partial charge in [-0.05, 0) is 74.2 Å². The van der Waals surface area contributed by atoms with Crippen molar-refractivity contribution in [3.8, 4) is 0 Å². The van der Waals surface area contributed by atoms with Crippen molar-refractivity contribution in [2.75, 3.05) is 36.9 Å². The lowest BCUT2D eigenvalue weighted by Gasteiger charge is -2.23. The van der Waals surface area contributed by atoms with Gasteiger partial charge in [0.1, 0.15) is 0 Å². The quantitative estimate of drug-likeness (QED) is 0.408. The van der Waals surface area contributed by atoms with Crippen LogP contribution in [0.4, 0.5) is 16.2 Å². The highest BCUT2D eigenvalue weighted by molar-refractivity contribution is 6.02. The number of carbonyl (C=O) groups excluding carboxylic acids is 2. The first-order valence-corrected chi connectivity index (χ1v) is 12.8. The number of urea groups is 1. The smallest absolute Gasteiger partial charge is 0.326 e. The molecule has 0 saturated heterocycles. The molecule has 1 aliphatic heterocycles. The van der Waals surface area contributed by atoms with Crippen LogP contribution in [0.2, 0.25) is 0 Å². The number of para-hydroxylation sites is 1. The summed E-state index contributed by atoms with van der Waals surface area (Å²) in [5.41, 5.74) is 5.15. The number of carbonyl (C=O) groups is 2. The maximum Gasteiger partial charge on any atom is 0.326 e. The highest BCUT2D eigenvalue weighted by atomic mass is 16.2. The predicted molar refractivity (Wildman–Crippen MR) is 146 cm³/mol. The van der Waals surface area contributed by atoms with Crippen LogP contribution in [-0.4, -0.2) is 43.5 Å². The van der Waals surface area contributed by atoms with Crippen LogP contribution >= 0.6 is 0 Å². The minimum absolute atomic E-state index is 0.0127. The molecule has 1 aliphatic rings. The van der Waals surface area contributed by atoms with Crippen molar-refractivity contribution in [1.82, 2.24) is 10.2 Å². The van der Waals surface area contributed by atoms with E-state index < -0.39 is 0 Å². The molecule has 0 fully saturated rings. The molecule has 6 heteroatoms. The lowest BCUT2D eigenvalue weighted by molar-refractivity contribution is -0.120. The van der Waals surface area contributed by atoms with E-state index in [0.717, 1.165) is 55.7 Å². The third-order valence-corrected chi connectivity index (χ3v) is 6.51. The van der Waals surface area contributed by atoms with Gasteiger partial charge in [-0.1, -0.05) is 60.7 Å². The second kappa shape index (κ2) is 12.9. The highest BCUT2D eigenvalue weighted by Crippen LogP contribution is 2.26. The standard InChI is InChI=1S/C30H36N4O2/c1-33(23-25-10-3-2-4-11-25)20-9-19-31-29(35)22-24-15-17-27(18-16-24)32-30(36)34-21-8-7-13-26-12-5-6-14-28(26)34/h2-6,10-12,14-18H,7-9,13,19-23H2,1H3,(H,31,35)(H,32,36). The summed E-state index contributed by atoms with van der Waals surface area (Å²) in [5, 5.41) is 6.03. The highest BCUT2D eigenvalue weighted by Gasteiger charge is 2.20. The van der Waals surface area contributed by atoms with Gasteiger partial charge in [0.2, 0.25) is 5.91 Å². The Morgan fingerprint density at radius 1 is 0.889 bits per heavy atom. The summed E-state index contributed by atoms with van der Waals surface area (Å²) in [4.78, 5) is 29.5. The third-order valence-electron chi connectivity index (χ3n) is 6.51. The van der Waals surface area contributed by atoms with Gasteiger partial charge in [-0.3, -0.25) is 9.69 Å². The first-order valence-electron chi connectivity index (χ1n) is 12.8. The van der Waals surface area contributed by atoms with Crippen LogP contribution in [0, 0.1) is 0 Å². The van der Waals surface area contributed by atoms with Gasteiger partial charge < -0.3 is 15.5 Å². The normalized spacial score (nSPS) is 13.1. The van der Waals surface area contributed by atoms with E-state index in [2.05, 4.69) is 52.9 Å². The Bertz CT molecular complexity index is 1130. The topological polar surface area (TPSA) is 64.7 Å². The summed E-state index contributed by atoms with van der Waals surface area (Å²) in [6.45, 7) is 3.19. The molecule has 188 valence electrons. The number of anilines is 2. The summed E-state index contributed by atoms with van der Waals surface area (Å²) < 4.78 is 0. The van der Waals surface area contributed by atoms with Crippen molar-refractivity contribution in [3.63, 3.8) is 0 Å². The van der Waals surface area contributed by atoms with E-state index in [1.165, 1.54) is 11.1 Å². The minimum Gasteiger partial charge on any atom is -0.356 e. The molecular formula is C30H36N4O2. The molecule has 0 bridgehead atoms. The van der Waals surface area contributed by atoms with Gasteiger partial charge in [0.15, 0.2) is 0 Å². The second-order valence-corrected chi connectivity index (χ2v) is 9.47. The lowest BCUT2D eigenvalue weighted by atomic mass is 10.1. The zero-order valence-electron chi connectivity index (χ0n) is 21.1. The number of benzene rings is 3. The maximum absolute atomic E-state index is 13.0. The third kappa shape index (κ3) is 7.43. The van der Waals surface area contributed by atoms with Crippen LogP contribution in [0.3, 0.4) is 0 Å². The van der Waals surface area contributed by atoms with E-state index in [1.54, 1.807) is 0 Å². The van der Waals surface area contributed by atoms with Crippen LogP contribution in [-0.2, 0) is 24.2 Å². The van der Waals surface area contributed by atoms with E-state index >= 15 is 0 Å². The Hall–Kier alpha value is -3.64. The summed E-state index contributed by atoms with van der Waals surface area (Å²) in [6, 6.07) is 25.9. The summed E-state index contributed by atoms with van der Waals surface area (Å²) >= 11 is 0. The number of aryl methyl sites for hydroxylation is 1. The van der Waals surface area contributed by atoms with Gasteiger partial charge >= 0.3 is 6.03 Å². The van der Waals surface area contributed by atoms with E-state index in [0.29, 0.717) is 19.5 Å². The number of nitrogens with zero attached hydrogens (tertiary/aromatic N) is 2. The van der Waals surface area contributed by atoms with Crippen molar-refractivity contribution in [2.45, 2.75) is 38.6 Å². The van der Waals surface area contributed by atoms with Crippen molar-refractivity contribution in [3.05, 3.63) is 95.6 Å². The number of amides is 3.